The summed E-state index contributed by atoms with van der Waals surface area (Å²) in [5.74, 6) is 0. The first-order chi connectivity index (χ1) is 5.07. The second-order valence-corrected chi connectivity index (χ2v) is 2.89. The highest BCUT2D eigenvalue weighted by Crippen LogP contribution is 2.00. The maximum absolute atomic E-state index is 10.1. The molecule has 0 rings (SSSR count). The van der Waals surface area contributed by atoms with Crippen LogP contribution in [0.4, 0.5) is 0 Å². The van der Waals surface area contributed by atoms with E-state index in [1.54, 1.807) is 6.92 Å². The molecule has 3 unspecified atom stereocenters. The first-order valence-corrected chi connectivity index (χ1v) is 4.34. The summed E-state index contributed by atoms with van der Waals surface area (Å²) >= 11 is -2.24. The highest BCUT2D eigenvalue weighted by atomic mass is 32.2. The van der Waals surface area contributed by atoms with Gasteiger partial charge in [0.25, 0.3) is 0 Å². The summed E-state index contributed by atoms with van der Waals surface area (Å²) in [6.45, 7) is 2.08. The van der Waals surface area contributed by atoms with Crippen molar-refractivity contribution in [3.63, 3.8) is 0 Å². The maximum Gasteiger partial charge on any atom is 0.302 e. The fourth-order valence-electron chi connectivity index (χ4n) is 0.628. The van der Waals surface area contributed by atoms with Gasteiger partial charge in [-0.1, -0.05) is 0 Å². The smallest absolute Gasteiger partial charge is 0.302 e. The summed E-state index contributed by atoms with van der Waals surface area (Å²) < 4.78 is 22.9. The Kier molecular flexibility index (Phi) is 5.61. The van der Waals surface area contributed by atoms with Crippen LogP contribution in [0.3, 0.4) is 0 Å². The fourth-order valence-corrected chi connectivity index (χ4v) is 1.03. The quantitative estimate of drug-likeness (QED) is 0.484. The Bertz CT molecular complexity index is 133. The predicted molar refractivity (Wildman–Crippen MR) is 43.0 cm³/mol. The summed E-state index contributed by atoms with van der Waals surface area (Å²) in [7, 11) is 0. The highest BCUT2D eigenvalue weighted by Gasteiger charge is 2.14. The SMILES string of the molecule is CC(OS(=O)O)C(N)CCN. The van der Waals surface area contributed by atoms with E-state index in [0.29, 0.717) is 13.0 Å². The van der Waals surface area contributed by atoms with Gasteiger partial charge in [-0.25, -0.2) is 0 Å². The van der Waals surface area contributed by atoms with Crippen molar-refractivity contribution in [2.45, 2.75) is 25.5 Å². The molecule has 5 nitrogen and oxygen atoms in total. The van der Waals surface area contributed by atoms with Crippen LogP contribution in [-0.4, -0.2) is 27.5 Å². The molecule has 0 fully saturated rings. The first-order valence-electron chi connectivity index (χ1n) is 3.31. The lowest BCUT2D eigenvalue weighted by Crippen LogP contribution is -2.36. The average Bonchev–Trinajstić information content (AvgIpc) is 1.86. The maximum atomic E-state index is 10.1. The molecular formula is C5H14N2O3S. The van der Waals surface area contributed by atoms with Crippen molar-refractivity contribution in [1.82, 2.24) is 0 Å². The fraction of sp³-hybridized carbons (Fsp3) is 1.00. The van der Waals surface area contributed by atoms with Crippen LogP contribution < -0.4 is 11.5 Å². The highest BCUT2D eigenvalue weighted by molar-refractivity contribution is 7.74. The summed E-state index contributed by atoms with van der Waals surface area (Å²) in [5.41, 5.74) is 10.7. The van der Waals surface area contributed by atoms with E-state index in [1.165, 1.54) is 0 Å². The number of nitrogens with two attached hydrogens (primary N) is 2. The standard InChI is InChI=1S/C5H14N2O3S/c1-4(10-11(8)9)5(7)2-3-6/h4-5H,2-3,6-7H2,1H3,(H,8,9). The minimum atomic E-state index is -2.24. The van der Waals surface area contributed by atoms with Crippen molar-refractivity contribution in [2.24, 2.45) is 11.5 Å². The van der Waals surface area contributed by atoms with E-state index in [9.17, 15) is 4.21 Å². The molecule has 5 N–H and O–H groups in total. The van der Waals surface area contributed by atoms with Crippen LogP contribution in [0.25, 0.3) is 0 Å². The van der Waals surface area contributed by atoms with E-state index >= 15 is 0 Å². The van der Waals surface area contributed by atoms with Crippen LogP contribution in [0.1, 0.15) is 13.3 Å². The van der Waals surface area contributed by atoms with Gasteiger partial charge < -0.3 is 11.5 Å². The Balaban J connectivity index is 3.63. The topological polar surface area (TPSA) is 98.6 Å². The average molecular weight is 182 g/mol. The molecular weight excluding hydrogens is 168 g/mol. The normalized spacial score (nSPS) is 19.3. The van der Waals surface area contributed by atoms with Gasteiger partial charge in [-0.2, -0.15) is 4.21 Å². The molecule has 0 radical (unpaired) electrons. The second kappa shape index (κ2) is 5.62. The van der Waals surface area contributed by atoms with Gasteiger partial charge in [-0.15, -0.1) is 0 Å². The third-order valence-corrected chi connectivity index (χ3v) is 1.81. The summed E-state index contributed by atoms with van der Waals surface area (Å²) in [6.07, 6.45) is 0.141. The van der Waals surface area contributed by atoms with Gasteiger partial charge in [-0.05, 0) is 19.9 Å². The molecule has 11 heavy (non-hydrogen) atoms. The molecule has 0 aromatic heterocycles. The second-order valence-electron chi connectivity index (χ2n) is 2.26. The van der Waals surface area contributed by atoms with Crippen LogP contribution in [0.15, 0.2) is 0 Å². The molecule has 68 valence electrons. The van der Waals surface area contributed by atoms with Crippen molar-refractivity contribution in [3.8, 4) is 0 Å². The van der Waals surface area contributed by atoms with Gasteiger partial charge in [0, 0.05) is 6.04 Å². The van der Waals surface area contributed by atoms with E-state index in [0.717, 1.165) is 0 Å². The van der Waals surface area contributed by atoms with Crippen molar-refractivity contribution in [1.29, 1.82) is 0 Å². The molecule has 6 heteroatoms. The van der Waals surface area contributed by atoms with Gasteiger partial charge in [0.2, 0.25) is 0 Å². The minimum Gasteiger partial charge on any atom is -0.330 e. The zero-order valence-corrected chi connectivity index (χ0v) is 7.21. The van der Waals surface area contributed by atoms with Crippen LogP contribution in [-0.2, 0) is 15.5 Å². The van der Waals surface area contributed by atoms with Gasteiger partial charge in [-0.3, -0.25) is 8.74 Å². The lowest BCUT2D eigenvalue weighted by Gasteiger charge is -2.16. The minimum absolute atomic E-state index is 0.281. The molecule has 0 saturated carbocycles. The van der Waals surface area contributed by atoms with E-state index in [-0.39, 0.29) is 6.04 Å². The van der Waals surface area contributed by atoms with Crippen LogP contribution in [0.5, 0.6) is 0 Å². The van der Waals surface area contributed by atoms with Crippen molar-refractivity contribution >= 4 is 11.4 Å². The van der Waals surface area contributed by atoms with Crippen LogP contribution in [0, 0.1) is 0 Å². The zero-order valence-electron chi connectivity index (χ0n) is 6.40. The molecule has 0 spiro atoms. The Morgan fingerprint density at radius 2 is 2.27 bits per heavy atom. The molecule has 3 atom stereocenters. The van der Waals surface area contributed by atoms with Crippen LogP contribution in [0.2, 0.25) is 0 Å². The zero-order chi connectivity index (χ0) is 8.85. The van der Waals surface area contributed by atoms with Gasteiger partial charge in [0.05, 0.1) is 6.10 Å². The molecule has 0 aliphatic rings. The molecule has 0 aliphatic heterocycles. The van der Waals surface area contributed by atoms with Crippen LogP contribution >= 0.6 is 0 Å². The van der Waals surface area contributed by atoms with Crippen molar-refractivity contribution < 1.29 is 12.9 Å². The lowest BCUT2D eigenvalue weighted by atomic mass is 10.1. The molecule has 0 aromatic rings. The number of hydrogen-bond donors (Lipinski definition) is 3. The monoisotopic (exact) mass is 182 g/mol. The Labute approximate surface area is 68.6 Å². The molecule has 0 aliphatic carbocycles. The summed E-state index contributed by atoms with van der Waals surface area (Å²) in [6, 6.07) is -0.281. The summed E-state index contributed by atoms with van der Waals surface area (Å²) in [4.78, 5) is 0. The van der Waals surface area contributed by atoms with Gasteiger partial charge >= 0.3 is 11.4 Å². The third kappa shape index (κ3) is 5.28. The molecule has 0 amide bonds. The number of hydrogen-bond acceptors (Lipinski definition) is 4. The molecule has 0 heterocycles. The first kappa shape index (κ1) is 11.0. The van der Waals surface area contributed by atoms with Crippen molar-refractivity contribution in [2.75, 3.05) is 6.54 Å². The Morgan fingerprint density at radius 1 is 1.73 bits per heavy atom. The van der Waals surface area contributed by atoms with E-state index in [2.05, 4.69) is 4.18 Å². The van der Waals surface area contributed by atoms with E-state index in [4.69, 9.17) is 16.0 Å². The Hall–Kier alpha value is -0.0100. The summed E-state index contributed by atoms with van der Waals surface area (Å²) in [5, 5.41) is 0. The molecule has 0 aromatic carbocycles. The largest absolute Gasteiger partial charge is 0.330 e. The Morgan fingerprint density at radius 3 is 2.64 bits per heavy atom. The van der Waals surface area contributed by atoms with E-state index < -0.39 is 17.5 Å². The van der Waals surface area contributed by atoms with Gasteiger partial charge in [0.15, 0.2) is 0 Å². The predicted octanol–water partition coefficient (Wildman–Crippen LogP) is -0.796. The van der Waals surface area contributed by atoms with Gasteiger partial charge in [0.1, 0.15) is 0 Å². The lowest BCUT2D eigenvalue weighted by molar-refractivity contribution is 0.188. The van der Waals surface area contributed by atoms with E-state index in [1.807, 2.05) is 0 Å². The van der Waals surface area contributed by atoms with Crippen molar-refractivity contribution in [3.05, 3.63) is 0 Å². The molecule has 0 bridgehead atoms. The third-order valence-electron chi connectivity index (χ3n) is 1.34. The number of rotatable bonds is 5. The molecule has 0 saturated heterocycles.